The molecule has 0 heterocycles. The van der Waals surface area contributed by atoms with Crippen molar-refractivity contribution in [2.24, 2.45) is 0 Å². The lowest BCUT2D eigenvalue weighted by Crippen LogP contribution is -2.31. The first kappa shape index (κ1) is 69.6. The molecule has 0 aliphatic rings. The van der Waals surface area contributed by atoms with Crippen molar-refractivity contribution in [3.63, 3.8) is 0 Å². The van der Waals surface area contributed by atoms with Crippen LogP contribution in [0.15, 0.2) is 48.6 Å². The zero-order valence-corrected chi connectivity index (χ0v) is 48.0. The van der Waals surface area contributed by atoms with E-state index in [-0.39, 0.29) is 57.4 Å². The summed E-state index contributed by atoms with van der Waals surface area (Å²) in [6, 6.07) is 0. The number of ether oxygens (including phenoxy) is 5. The van der Waals surface area contributed by atoms with E-state index in [0.29, 0.717) is 12.8 Å². The molecule has 424 valence electrons. The van der Waals surface area contributed by atoms with Gasteiger partial charge in [0.1, 0.15) is 19.3 Å². The second-order valence-corrected chi connectivity index (χ2v) is 20.2. The van der Waals surface area contributed by atoms with Crippen molar-refractivity contribution in [1.82, 2.24) is 4.90 Å². The molecular weight excluding hydrogens is 915 g/mol. The van der Waals surface area contributed by atoms with Gasteiger partial charge in [-0.1, -0.05) is 205 Å². The van der Waals surface area contributed by atoms with Gasteiger partial charge in [0.05, 0.1) is 6.61 Å². The molecule has 0 fully saturated rings. The SMILES string of the molecule is CCCCCC=CCC=CCCCCCCCC(=O)OCC(COC(=O)CCCCCCCC=CCC=CCCCCC)OC(=O)CCC(CCCCCCCCCCCC)OC(=O)OCCCN(CC)CC. The zero-order chi connectivity index (χ0) is 53.3. The molecule has 0 aromatic carbocycles. The highest BCUT2D eigenvalue weighted by molar-refractivity contribution is 5.71. The van der Waals surface area contributed by atoms with E-state index < -0.39 is 24.3 Å². The van der Waals surface area contributed by atoms with E-state index in [1.165, 1.54) is 96.3 Å². The fraction of sp³-hybridized carbons (Fsp3) is 0.810. The van der Waals surface area contributed by atoms with Gasteiger partial charge >= 0.3 is 24.1 Å². The Morgan fingerprint density at radius 1 is 0.370 bits per heavy atom. The molecule has 0 aliphatic heterocycles. The van der Waals surface area contributed by atoms with Crippen LogP contribution in [-0.2, 0) is 38.1 Å². The molecule has 73 heavy (non-hydrogen) atoms. The van der Waals surface area contributed by atoms with Crippen molar-refractivity contribution in [2.75, 3.05) is 39.5 Å². The van der Waals surface area contributed by atoms with Gasteiger partial charge in [-0.25, -0.2) is 4.79 Å². The van der Waals surface area contributed by atoms with Crippen LogP contribution in [0.5, 0.6) is 0 Å². The van der Waals surface area contributed by atoms with Gasteiger partial charge in [0.2, 0.25) is 0 Å². The maximum atomic E-state index is 13.4. The van der Waals surface area contributed by atoms with Crippen LogP contribution in [-0.4, -0.2) is 80.6 Å². The van der Waals surface area contributed by atoms with Crippen molar-refractivity contribution in [3.8, 4) is 0 Å². The lowest BCUT2D eigenvalue weighted by Gasteiger charge is -2.20. The summed E-state index contributed by atoms with van der Waals surface area (Å²) in [5.74, 6) is -1.24. The highest BCUT2D eigenvalue weighted by atomic mass is 16.7. The van der Waals surface area contributed by atoms with Crippen molar-refractivity contribution in [2.45, 2.75) is 291 Å². The number of esters is 3. The topological polar surface area (TPSA) is 118 Å². The predicted octanol–water partition coefficient (Wildman–Crippen LogP) is 18.0. The van der Waals surface area contributed by atoms with E-state index in [0.717, 1.165) is 129 Å². The molecule has 0 aliphatic carbocycles. The first-order valence-corrected chi connectivity index (χ1v) is 30.5. The number of hydrogen-bond acceptors (Lipinski definition) is 10. The summed E-state index contributed by atoms with van der Waals surface area (Å²) >= 11 is 0. The Morgan fingerprint density at radius 3 is 1.22 bits per heavy atom. The fourth-order valence-electron chi connectivity index (χ4n) is 8.59. The van der Waals surface area contributed by atoms with Gasteiger partial charge < -0.3 is 28.6 Å². The molecule has 1 atom stereocenters. The highest BCUT2D eigenvalue weighted by Crippen LogP contribution is 2.18. The van der Waals surface area contributed by atoms with E-state index in [1.807, 2.05) is 0 Å². The Morgan fingerprint density at radius 2 is 0.767 bits per heavy atom. The summed E-state index contributed by atoms with van der Waals surface area (Å²) < 4.78 is 28.2. The molecule has 0 bridgehead atoms. The third-order valence-electron chi connectivity index (χ3n) is 13.4. The molecule has 10 nitrogen and oxygen atoms in total. The lowest BCUT2D eigenvalue weighted by atomic mass is 10.0. The second-order valence-electron chi connectivity index (χ2n) is 20.2. The summed E-state index contributed by atoms with van der Waals surface area (Å²) in [6.45, 7) is 13.5. The van der Waals surface area contributed by atoms with Crippen molar-refractivity contribution >= 4 is 24.1 Å². The van der Waals surface area contributed by atoms with E-state index in [1.54, 1.807) is 0 Å². The van der Waals surface area contributed by atoms with Crippen LogP contribution in [0.4, 0.5) is 4.79 Å². The lowest BCUT2D eigenvalue weighted by molar-refractivity contribution is -0.167. The van der Waals surface area contributed by atoms with Gasteiger partial charge in [0.15, 0.2) is 6.10 Å². The quantitative estimate of drug-likeness (QED) is 0.0252. The highest BCUT2D eigenvalue weighted by Gasteiger charge is 2.22. The first-order chi connectivity index (χ1) is 35.8. The molecule has 10 heteroatoms. The number of unbranched alkanes of at least 4 members (excludes halogenated alkanes) is 25. The maximum Gasteiger partial charge on any atom is 0.508 e. The fourth-order valence-corrected chi connectivity index (χ4v) is 8.59. The molecular formula is C63H113NO9. The molecule has 0 rings (SSSR count). The largest absolute Gasteiger partial charge is 0.508 e. The van der Waals surface area contributed by atoms with Gasteiger partial charge in [-0.3, -0.25) is 14.4 Å². The average molecular weight is 1030 g/mol. The van der Waals surface area contributed by atoms with Crippen molar-refractivity contribution in [1.29, 1.82) is 0 Å². The number of carbonyl (C=O) groups excluding carboxylic acids is 4. The Balaban J connectivity index is 5.15. The predicted molar refractivity (Wildman–Crippen MR) is 305 cm³/mol. The van der Waals surface area contributed by atoms with Crippen molar-refractivity contribution in [3.05, 3.63) is 48.6 Å². The average Bonchev–Trinajstić information content (AvgIpc) is 3.39. The van der Waals surface area contributed by atoms with Crippen LogP contribution in [0.3, 0.4) is 0 Å². The number of allylic oxidation sites excluding steroid dienone is 8. The van der Waals surface area contributed by atoms with Crippen LogP contribution in [0.2, 0.25) is 0 Å². The molecule has 0 spiro atoms. The van der Waals surface area contributed by atoms with Gasteiger partial charge in [-0.2, -0.15) is 0 Å². The minimum Gasteiger partial charge on any atom is -0.462 e. The van der Waals surface area contributed by atoms with Crippen LogP contribution in [0, 0.1) is 0 Å². The Kier molecular flexibility index (Phi) is 53.7. The standard InChI is InChI=1S/C63H113NO9/c1-6-11-14-17-20-23-26-28-30-32-34-37-40-43-46-50-60(65)70-56-59(57-71-61(66)51-47-44-41-38-35-33-31-29-27-24-21-18-15-12-7-2)72-62(67)53-52-58(49-45-42-39-36-25-22-19-16-13-8-3)73-63(68)69-55-48-54-64(9-4)10-5/h20-21,23-24,28-31,58-59H,6-19,22,25-27,32-57H2,1-5H3. The van der Waals surface area contributed by atoms with Crippen LogP contribution in [0.1, 0.15) is 279 Å². The summed E-state index contributed by atoms with van der Waals surface area (Å²) in [5.41, 5.74) is 0. The molecule has 1 unspecified atom stereocenters. The Bertz CT molecular complexity index is 1310. The Labute approximate surface area is 449 Å². The molecule has 0 aromatic rings. The van der Waals surface area contributed by atoms with E-state index in [2.05, 4.69) is 88.1 Å². The smallest absolute Gasteiger partial charge is 0.462 e. The van der Waals surface area contributed by atoms with Gasteiger partial charge in [-0.15, -0.1) is 0 Å². The van der Waals surface area contributed by atoms with Gasteiger partial charge in [0, 0.05) is 25.8 Å². The van der Waals surface area contributed by atoms with E-state index in [4.69, 9.17) is 23.7 Å². The summed E-state index contributed by atoms with van der Waals surface area (Å²) in [7, 11) is 0. The van der Waals surface area contributed by atoms with Crippen LogP contribution in [0.25, 0.3) is 0 Å². The summed E-state index contributed by atoms with van der Waals surface area (Å²) in [6.07, 6.45) is 54.2. The molecule has 0 radical (unpaired) electrons. The number of nitrogens with zero attached hydrogens (tertiary/aromatic N) is 1. The third kappa shape index (κ3) is 51.9. The van der Waals surface area contributed by atoms with E-state index in [9.17, 15) is 19.2 Å². The van der Waals surface area contributed by atoms with E-state index >= 15 is 0 Å². The summed E-state index contributed by atoms with van der Waals surface area (Å²) in [4.78, 5) is 54.1. The number of hydrogen-bond donors (Lipinski definition) is 0. The minimum absolute atomic E-state index is 0.00596. The summed E-state index contributed by atoms with van der Waals surface area (Å²) in [5, 5.41) is 0. The normalized spacial score (nSPS) is 12.7. The third-order valence-corrected chi connectivity index (χ3v) is 13.4. The maximum absolute atomic E-state index is 13.4. The molecule has 0 saturated carbocycles. The zero-order valence-electron chi connectivity index (χ0n) is 48.0. The number of carbonyl (C=O) groups is 4. The van der Waals surface area contributed by atoms with Crippen molar-refractivity contribution < 1.29 is 42.9 Å². The number of rotatable bonds is 54. The molecule has 0 amide bonds. The van der Waals surface area contributed by atoms with Gasteiger partial charge in [-0.05, 0) is 116 Å². The second kappa shape index (κ2) is 56.3. The van der Waals surface area contributed by atoms with Crippen LogP contribution >= 0.6 is 0 Å². The van der Waals surface area contributed by atoms with Crippen LogP contribution < -0.4 is 0 Å². The molecule has 0 aromatic heterocycles. The monoisotopic (exact) mass is 1030 g/mol. The van der Waals surface area contributed by atoms with Gasteiger partial charge in [0.25, 0.3) is 0 Å². The molecule has 0 N–H and O–H groups in total. The first-order valence-electron chi connectivity index (χ1n) is 30.5. The molecule has 0 saturated heterocycles. The minimum atomic E-state index is -0.938. The Hall–Kier alpha value is -3.40.